The Bertz CT molecular complexity index is 331. The van der Waals surface area contributed by atoms with E-state index >= 15 is 0 Å². The first-order valence-corrected chi connectivity index (χ1v) is 4.16. The summed E-state index contributed by atoms with van der Waals surface area (Å²) in [5.74, 6) is 0.0274. The van der Waals surface area contributed by atoms with Crippen LogP contribution in [0.4, 0.5) is 19.0 Å². The van der Waals surface area contributed by atoms with Gasteiger partial charge in [0.25, 0.3) is 0 Å². The van der Waals surface area contributed by atoms with Gasteiger partial charge in [-0.3, -0.25) is 0 Å². The average Bonchev–Trinajstić information content (AvgIpc) is 2.01. The van der Waals surface area contributed by atoms with Gasteiger partial charge in [0.15, 0.2) is 0 Å². The van der Waals surface area contributed by atoms with E-state index in [-0.39, 0.29) is 11.7 Å². The number of pyridine rings is 1. The number of nitrogen functional groups attached to an aromatic ring is 1. The van der Waals surface area contributed by atoms with Crippen LogP contribution in [0.2, 0.25) is 0 Å². The van der Waals surface area contributed by atoms with Gasteiger partial charge in [0.05, 0.1) is 0 Å². The fourth-order valence-electron chi connectivity index (χ4n) is 1.13. The van der Waals surface area contributed by atoms with Crippen LogP contribution >= 0.6 is 0 Å². The molecule has 0 aliphatic rings. The maximum absolute atomic E-state index is 12.2. The Hall–Kier alpha value is -1.26. The molecule has 0 radical (unpaired) electrons. The normalized spacial score (nSPS) is 12.1. The van der Waals surface area contributed by atoms with Crippen LogP contribution in [0.15, 0.2) is 12.1 Å². The predicted octanol–water partition coefficient (Wildman–Crippen LogP) is 2.81. The Morgan fingerprint density at radius 1 is 1.29 bits per heavy atom. The highest BCUT2D eigenvalue weighted by Crippen LogP contribution is 2.30. The van der Waals surface area contributed by atoms with E-state index in [1.165, 1.54) is 6.07 Å². The van der Waals surface area contributed by atoms with Gasteiger partial charge in [-0.25, -0.2) is 4.98 Å². The topological polar surface area (TPSA) is 38.9 Å². The highest BCUT2D eigenvalue weighted by atomic mass is 19.4. The lowest BCUT2D eigenvalue weighted by molar-refractivity contribution is -0.141. The number of rotatable bonds is 1. The summed E-state index contributed by atoms with van der Waals surface area (Å²) in [7, 11) is 0. The SMILES string of the molecule is CC(C)c1ccc(C(F)(F)F)nc1N. The third kappa shape index (κ3) is 2.16. The second-order valence-corrected chi connectivity index (χ2v) is 3.32. The lowest BCUT2D eigenvalue weighted by Gasteiger charge is -2.11. The summed E-state index contributed by atoms with van der Waals surface area (Å²) in [6.45, 7) is 3.70. The van der Waals surface area contributed by atoms with Gasteiger partial charge in [-0.05, 0) is 17.5 Å². The summed E-state index contributed by atoms with van der Waals surface area (Å²) in [4.78, 5) is 3.32. The molecule has 14 heavy (non-hydrogen) atoms. The maximum Gasteiger partial charge on any atom is 0.433 e. The highest BCUT2D eigenvalue weighted by molar-refractivity contribution is 5.42. The van der Waals surface area contributed by atoms with Gasteiger partial charge in [-0.1, -0.05) is 19.9 Å². The molecule has 0 saturated heterocycles. The molecule has 0 aromatic carbocycles. The zero-order valence-corrected chi connectivity index (χ0v) is 7.89. The summed E-state index contributed by atoms with van der Waals surface area (Å²) >= 11 is 0. The van der Waals surface area contributed by atoms with Crippen LogP contribution in [0.3, 0.4) is 0 Å². The predicted molar refractivity (Wildman–Crippen MR) is 47.7 cm³/mol. The monoisotopic (exact) mass is 204 g/mol. The van der Waals surface area contributed by atoms with Crippen LogP contribution in [0.5, 0.6) is 0 Å². The number of anilines is 1. The molecular weight excluding hydrogens is 193 g/mol. The third-order valence-electron chi connectivity index (χ3n) is 1.87. The standard InChI is InChI=1S/C9H11F3N2/c1-5(2)6-3-4-7(9(10,11)12)14-8(6)13/h3-5H,1-2H3,(H2,13,14). The molecule has 5 heteroatoms. The van der Waals surface area contributed by atoms with Crippen molar-refractivity contribution in [2.45, 2.75) is 25.9 Å². The first kappa shape index (κ1) is 10.8. The first-order chi connectivity index (χ1) is 6.32. The molecule has 1 aromatic heterocycles. The van der Waals surface area contributed by atoms with Gasteiger partial charge in [0, 0.05) is 0 Å². The van der Waals surface area contributed by atoms with Gasteiger partial charge in [0.2, 0.25) is 0 Å². The Kier molecular flexibility index (Phi) is 2.69. The minimum atomic E-state index is -4.43. The van der Waals surface area contributed by atoms with E-state index in [0.29, 0.717) is 5.56 Å². The maximum atomic E-state index is 12.2. The van der Waals surface area contributed by atoms with E-state index < -0.39 is 11.9 Å². The van der Waals surface area contributed by atoms with Gasteiger partial charge >= 0.3 is 6.18 Å². The van der Waals surface area contributed by atoms with Crippen LogP contribution in [0, 0.1) is 0 Å². The lowest BCUT2D eigenvalue weighted by Crippen LogP contribution is -2.11. The van der Waals surface area contributed by atoms with Crippen molar-refractivity contribution in [3.8, 4) is 0 Å². The smallest absolute Gasteiger partial charge is 0.383 e. The van der Waals surface area contributed by atoms with Crippen LogP contribution in [-0.2, 0) is 6.18 Å². The van der Waals surface area contributed by atoms with E-state index in [1.807, 2.05) is 13.8 Å². The zero-order chi connectivity index (χ0) is 10.9. The number of halogens is 3. The second kappa shape index (κ2) is 3.48. The molecule has 2 N–H and O–H groups in total. The van der Waals surface area contributed by atoms with Crippen molar-refractivity contribution in [1.82, 2.24) is 4.98 Å². The lowest BCUT2D eigenvalue weighted by atomic mass is 10.0. The Labute approximate surface area is 79.9 Å². The Balaban J connectivity index is 3.13. The van der Waals surface area contributed by atoms with Crippen molar-refractivity contribution >= 4 is 5.82 Å². The van der Waals surface area contributed by atoms with E-state index in [1.54, 1.807) is 0 Å². The molecule has 0 spiro atoms. The summed E-state index contributed by atoms with van der Waals surface area (Å²) < 4.78 is 36.5. The number of nitrogens with two attached hydrogens (primary N) is 1. The quantitative estimate of drug-likeness (QED) is 0.763. The third-order valence-corrected chi connectivity index (χ3v) is 1.87. The molecule has 0 aliphatic heterocycles. The molecule has 1 heterocycles. The van der Waals surface area contributed by atoms with Crippen molar-refractivity contribution in [3.05, 3.63) is 23.4 Å². The molecule has 0 bridgehead atoms. The van der Waals surface area contributed by atoms with Crippen molar-refractivity contribution in [1.29, 1.82) is 0 Å². The zero-order valence-electron chi connectivity index (χ0n) is 7.89. The number of hydrogen-bond acceptors (Lipinski definition) is 2. The van der Waals surface area contributed by atoms with E-state index in [0.717, 1.165) is 6.07 Å². The van der Waals surface area contributed by atoms with Crippen molar-refractivity contribution in [2.24, 2.45) is 0 Å². The van der Waals surface area contributed by atoms with Gasteiger partial charge in [0.1, 0.15) is 11.5 Å². The van der Waals surface area contributed by atoms with Crippen LogP contribution in [0.1, 0.15) is 31.0 Å². The number of hydrogen-bond donors (Lipinski definition) is 1. The minimum Gasteiger partial charge on any atom is -0.383 e. The molecule has 78 valence electrons. The summed E-state index contributed by atoms with van der Waals surface area (Å²) in [6.07, 6.45) is -4.43. The second-order valence-electron chi connectivity index (χ2n) is 3.32. The largest absolute Gasteiger partial charge is 0.433 e. The number of aromatic nitrogens is 1. The van der Waals surface area contributed by atoms with E-state index in [4.69, 9.17) is 5.73 Å². The van der Waals surface area contributed by atoms with Gasteiger partial charge < -0.3 is 5.73 Å². The fourth-order valence-corrected chi connectivity index (χ4v) is 1.13. The molecule has 0 unspecified atom stereocenters. The molecule has 1 rings (SSSR count). The minimum absolute atomic E-state index is 0.0465. The summed E-state index contributed by atoms with van der Waals surface area (Å²) in [5.41, 5.74) is 5.10. The molecule has 1 aromatic rings. The van der Waals surface area contributed by atoms with Crippen molar-refractivity contribution in [3.63, 3.8) is 0 Å². The van der Waals surface area contributed by atoms with E-state index in [2.05, 4.69) is 4.98 Å². The Morgan fingerprint density at radius 2 is 1.86 bits per heavy atom. The molecule has 0 atom stereocenters. The number of nitrogens with zero attached hydrogens (tertiary/aromatic N) is 1. The summed E-state index contributed by atoms with van der Waals surface area (Å²) in [5, 5.41) is 0. The fraction of sp³-hybridized carbons (Fsp3) is 0.444. The molecule has 0 saturated carbocycles. The molecule has 0 fully saturated rings. The van der Waals surface area contributed by atoms with Gasteiger partial charge in [-0.15, -0.1) is 0 Å². The molecule has 0 aliphatic carbocycles. The van der Waals surface area contributed by atoms with Crippen molar-refractivity contribution < 1.29 is 13.2 Å². The number of alkyl halides is 3. The average molecular weight is 204 g/mol. The molecular formula is C9H11F3N2. The Morgan fingerprint density at radius 3 is 2.21 bits per heavy atom. The van der Waals surface area contributed by atoms with E-state index in [9.17, 15) is 13.2 Å². The van der Waals surface area contributed by atoms with Crippen LogP contribution < -0.4 is 5.73 Å². The molecule has 0 amide bonds. The van der Waals surface area contributed by atoms with Crippen molar-refractivity contribution in [2.75, 3.05) is 5.73 Å². The highest BCUT2D eigenvalue weighted by Gasteiger charge is 2.32. The van der Waals surface area contributed by atoms with Gasteiger partial charge in [-0.2, -0.15) is 13.2 Å². The van der Waals surface area contributed by atoms with Crippen LogP contribution in [0.25, 0.3) is 0 Å². The molecule has 2 nitrogen and oxygen atoms in total. The first-order valence-electron chi connectivity index (χ1n) is 4.16. The van der Waals surface area contributed by atoms with Crippen LogP contribution in [-0.4, -0.2) is 4.98 Å². The summed E-state index contributed by atoms with van der Waals surface area (Å²) in [6, 6.07) is 2.32.